The van der Waals surface area contributed by atoms with Gasteiger partial charge in [0.25, 0.3) is 5.91 Å². The first-order chi connectivity index (χ1) is 9.61. The van der Waals surface area contributed by atoms with E-state index in [0.29, 0.717) is 23.9 Å². The molecule has 1 aromatic heterocycles. The van der Waals surface area contributed by atoms with Crippen molar-refractivity contribution >= 4 is 22.2 Å². The molecule has 0 saturated carbocycles. The third kappa shape index (κ3) is 3.55. The van der Waals surface area contributed by atoms with Crippen molar-refractivity contribution in [2.24, 2.45) is 5.92 Å². The number of hydrogen-bond acceptors (Lipinski definition) is 5. The molecule has 1 unspecified atom stereocenters. The number of amides is 1. The first kappa shape index (κ1) is 14.9. The summed E-state index contributed by atoms with van der Waals surface area (Å²) in [5.74, 6) is 0.374. The lowest BCUT2D eigenvalue weighted by Crippen LogP contribution is -2.40. The molecule has 2 rings (SSSR count). The maximum Gasteiger partial charge on any atom is 0.324 e. The Balaban J connectivity index is 2.01. The molecule has 1 atom stereocenters. The normalized spacial score (nSPS) is 18.8. The summed E-state index contributed by atoms with van der Waals surface area (Å²) in [6.45, 7) is 5.27. The molecule has 2 heterocycles. The molecular weight excluding hydrogens is 278 g/mol. The number of carbonyl (C=O) groups excluding carboxylic acids is 1. The molecular formula is C13H19N3O3S. The first-order valence-electron chi connectivity index (χ1n) is 6.86. The van der Waals surface area contributed by atoms with E-state index in [-0.39, 0.29) is 10.9 Å². The summed E-state index contributed by atoms with van der Waals surface area (Å²) in [5, 5.41) is 14.0. The Kier molecular flexibility index (Phi) is 5.08. The molecule has 0 spiro atoms. The van der Waals surface area contributed by atoms with Gasteiger partial charge < -0.3 is 10.2 Å². The van der Waals surface area contributed by atoms with Gasteiger partial charge in [-0.15, -0.1) is 0 Å². The fourth-order valence-corrected chi connectivity index (χ4v) is 3.23. The average Bonchev–Trinajstić information content (AvgIpc) is 2.95. The van der Waals surface area contributed by atoms with Crippen LogP contribution in [0.15, 0.2) is 12.1 Å². The number of rotatable bonds is 5. The summed E-state index contributed by atoms with van der Waals surface area (Å²) in [7, 11) is 0. The standard InChI is InChI=1S/C13H19N3O3S/c1-2-15(9-10-4-3-7-14-8-10)13(17)11-5-6-12(20-11)16(18)19/h5-6,10,14H,2-4,7-9H2,1H3. The highest BCUT2D eigenvalue weighted by atomic mass is 32.1. The van der Waals surface area contributed by atoms with Crippen LogP contribution in [-0.4, -0.2) is 41.9 Å². The van der Waals surface area contributed by atoms with Crippen LogP contribution < -0.4 is 5.32 Å². The lowest BCUT2D eigenvalue weighted by molar-refractivity contribution is -0.380. The molecule has 0 bridgehead atoms. The van der Waals surface area contributed by atoms with E-state index in [2.05, 4.69) is 5.32 Å². The van der Waals surface area contributed by atoms with Crippen molar-refractivity contribution in [2.75, 3.05) is 26.2 Å². The quantitative estimate of drug-likeness (QED) is 0.667. The van der Waals surface area contributed by atoms with Crippen molar-refractivity contribution in [3.8, 4) is 0 Å². The Labute approximate surface area is 121 Å². The molecule has 0 aliphatic carbocycles. The third-order valence-electron chi connectivity index (χ3n) is 3.53. The third-order valence-corrected chi connectivity index (χ3v) is 4.55. The molecule has 1 amide bonds. The second kappa shape index (κ2) is 6.81. The molecule has 110 valence electrons. The summed E-state index contributed by atoms with van der Waals surface area (Å²) in [4.78, 5) is 24.8. The van der Waals surface area contributed by atoms with Gasteiger partial charge in [0.15, 0.2) is 0 Å². The zero-order chi connectivity index (χ0) is 14.5. The second-order valence-corrected chi connectivity index (χ2v) is 6.01. The van der Waals surface area contributed by atoms with Crippen LogP contribution in [0.25, 0.3) is 0 Å². The van der Waals surface area contributed by atoms with Gasteiger partial charge in [-0.3, -0.25) is 14.9 Å². The Hall–Kier alpha value is -1.47. The lowest BCUT2D eigenvalue weighted by atomic mass is 9.99. The number of nitrogens with one attached hydrogen (secondary N) is 1. The Morgan fingerprint density at radius 2 is 2.40 bits per heavy atom. The number of carbonyl (C=O) groups is 1. The van der Waals surface area contributed by atoms with Crippen molar-refractivity contribution in [1.29, 1.82) is 0 Å². The second-order valence-electron chi connectivity index (χ2n) is 4.95. The molecule has 0 aromatic carbocycles. The first-order valence-corrected chi connectivity index (χ1v) is 7.67. The van der Waals surface area contributed by atoms with E-state index in [1.807, 2.05) is 6.92 Å². The SMILES string of the molecule is CCN(CC1CCCNC1)C(=O)c1ccc([N+](=O)[O-])s1. The highest BCUT2D eigenvalue weighted by Gasteiger charge is 2.23. The summed E-state index contributed by atoms with van der Waals surface area (Å²) >= 11 is 0.949. The van der Waals surface area contributed by atoms with Gasteiger partial charge in [0.05, 0.1) is 9.80 Å². The van der Waals surface area contributed by atoms with Gasteiger partial charge >= 0.3 is 5.00 Å². The van der Waals surface area contributed by atoms with Gasteiger partial charge in [-0.2, -0.15) is 0 Å². The van der Waals surface area contributed by atoms with Crippen molar-refractivity contribution < 1.29 is 9.72 Å². The van der Waals surface area contributed by atoms with E-state index >= 15 is 0 Å². The van der Waals surface area contributed by atoms with Crippen LogP contribution in [0.1, 0.15) is 29.4 Å². The van der Waals surface area contributed by atoms with Gasteiger partial charge in [0.2, 0.25) is 0 Å². The predicted octanol–water partition coefficient (Wildman–Crippen LogP) is 2.12. The maximum atomic E-state index is 12.4. The van der Waals surface area contributed by atoms with Crippen LogP contribution >= 0.6 is 11.3 Å². The molecule has 1 aliphatic heterocycles. The topological polar surface area (TPSA) is 75.5 Å². The fourth-order valence-electron chi connectivity index (χ4n) is 2.44. The van der Waals surface area contributed by atoms with Crippen molar-refractivity contribution in [3.63, 3.8) is 0 Å². The highest BCUT2D eigenvalue weighted by molar-refractivity contribution is 7.17. The number of thiophene rings is 1. The van der Waals surface area contributed by atoms with Crippen LogP contribution in [0.4, 0.5) is 5.00 Å². The van der Waals surface area contributed by atoms with Gasteiger partial charge in [-0.25, -0.2) is 0 Å². The highest BCUT2D eigenvalue weighted by Crippen LogP contribution is 2.25. The minimum atomic E-state index is -0.456. The minimum absolute atomic E-state index is 0.0173. The zero-order valence-corrected chi connectivity index (χ0v) is 12.3. The van der Waals surface area contributed by atoms with Crippen molar-refractivity contribution in [3.05, 3.63) is 27.1 Å². The maximum absolute atomic E-state index is 12.4. The number of piperidine rings is 1. The molecule has 1 saturated heterocycles. The summed E-state index contributed by atoms with van der Waals surface area (Å²) in [5.41, 5.74) is 0. The predicted molar refractivity (Wildman–Crippen MR) is 78.1 cm³/mol. The Morgan fingerprint density at radius 3 is 2.95 bits per heavy atom. The Bertz CT molecular complexity index is 483. The molecule has 20 heavy (non-hydrogen) atoms. The summed E-state index contributed by atoms with van der Waals surface area (Å²) < 4.78 is 0. The smallest absolute Gasteiger partial charge is 0.324 e. The molecule has 1 N–H and O–H groups in total. The van der Waals surface area contributed by atoms with E-state index in [9.17, 15) is 14.9 Å². The molecule has 1 aromatic rings. The van der Waals surface area contributed by atoms with Gasteiger partial charge in [0.1, 0.15) is 0 Å². The molecule has 7 heteroatoms. The van der Waals surface area contributed by atoms with Crippen molar-refractivity contribution in [2.45, 2.75) is 19.8 Å². The van der Waals surface area contributed by atoms with Crippen LogP contribution in [0.5, 0.6) is 0 Å². The van der Waals surface area contributed by atoms with Crippen LogP contribution in [0.2, 0.25) is 0 Å². The molecule has 6 nitrogen and oxygen atoms in total. The van der Waals surface area contributed by atoms with E-state index in [4.69, 9.17) is 0 Å². The van der Waals surface area contributed by atoms with Crippen LogP contribution in [-0.2, 0) is 0 Å². The van der Waals surface area contributed by atoms with E-state index in [1.165, 1.54) is 6.07 Å². The number of nitrogens with zero attached hydrogens (tertiary/aromatic N) is 2. The average molecular weight is 297 g/mol. The fraction of sp³-hybridized carbons (Fsp3) is 0.615. The monoisotopic (exact) mass is 297 g/mol. The molecule has 0 radical (unpaired) electrons. The molecule has 1 aliphatic rings. The Morgan fingerprint density at radius 1 is 1.60 bits per heavy atom. The van der Waals surface area contributed by atoms with Crippen LogP contribution in [0.3, 0.4) is 0 Å². The summed E-state index contributed by atoms with van der Waals surface area (Å²) in [6, 6.07) is 2.95. The van der Waals surface area contributed by atoms with E-state index in [1.54, 1.807) is 11.0 Å². The summed E-state index contributed by atoms with van der Waals surface area (Å²) in [6.07, 6.45) is 2.27. The van der Waals surface area contributed by atoms with E-state index < -0.39 is 4.92 Å². The number of nitro groups is 1. The van der Waals surface area contributed by atoms with Gasteiger partial charge in [-0.1, -0.05) is 11.3 Å². The van der Waals surface area contributed by atoms with Gasteiger partial charge in [0, 0.05) is 19.2 Å². The lowest BCUT2D eigenvalue weighted by Gasteiger charge is -2.29. The number of hydrogen-bond donors (Lipinski definition) is 1. The van der Waals surface area contributed by atoms with Crippen molar-refractivity contribution in [1.82, 2.24) is 10.2 Å². The zero-order valence-electron chi connectivity index (χ0n) is 11.5. The van der Waals surface area contributed by atoms with Gasteiger partial charge in [-0.05, 0) is 44.8 Å². The largest absolute Gasteiger partial charge is 0.338 e. The molecule has 1 fully saturated rings. The van der Waals surface area contributed by atoms with Crippen LogP contribution in [0, 0.1) is 16.0 Å². The minimum Gasteiger partial charge on any atom is -0.338 e. The van der Waals surface area contributed by atoms with E-state index in [0.717, 1.165) is 37.3 Å².